The first-order valence-electron chi connectivity index (χ1n) is 5.12. The Hall–Kier alpha value is -1.93. The van der Waals surface area contributed by atoms with Crippen LogP contribution in [0.5, 0.6) is 0 Å². The number of hydrogen-bond acceptors (Lipinski definition) is 2. The minimum atomic E-state index is 0.618. The summed E-state index contributed by atoms with van der Waals surface area (Å²) in [6.45, 7) is 0. The fraction of sp³-hybridized carbons (Fsp3) is 0. The zero-order valence-electron chi connectivity index (χ0n) is 9.01. The molecule has 0 saturated heterocycles. The molecule has 1 aromatic heterocycles. The van der Waals surface area contributed by atoms with E-state index in [9.17, 15) is 4.79 Å². The second-order valence-corrected chi connectivity index (χ2v) is 3.94. The molecule has 2 aromatic rings. The third-order valence-corrected chi connectivity index (χ3v) is 2.58. The topological polar surface area (TPSA) is 30.0 Å². The molecule has 0 N–H and O–H groups in total. The maximum Gasteiger partial charge on any atom is 0.150 e. The van der Waals surface area contributed by atoms with Gasteiger partial charge in [-0.15, -0.1) is 0 Å². The molecule has 0 amide bonds. The van der Waals surface area contributed by atoms with Crippen molar-refractivity contribution in [2.75, 3.05) is 0 Å². The zero-order chi connectivity index (χ0) is 12.1. The first-order chi connectivity index (χ1) is 8.29. The summed E-state index contributed by atoms with van der Waals surface area (Å²) < 4.78 is 0. The summed E-state index contributed by atoms with van der Waals surface area (Å²) in [5, 5.41) is 0.655. The number of hydrogen-bond donors (Lipinski definition) is 0. The standard InChI is InChI=1S/C14H10ClNO/c15-14-3-1-12(2-4-14)13(10-17)9-11-5-7-16-8-6-11/h1-10H/b13-9+. The largest absolute Gasteiger partial charge is 0.298 e. The smallest absolute Gasteiger partial charge is 0.150 e. The summed E-state index contributed by atoms with van der Waals surface area (Å²) in [6.07, 6.45) is 6.04. The number of aromatic nitrogens is 1. The number of aldehydes is 1. The predicted octanol–water partition coefficient (Wildman–Crippen LogP) is 3.47. The van der Waals surface area contributed by atoms with Gasteiger partial charge in [0.25, 0.3) is 0 Å². The average molecular weight is 244 g/mol. The Labute approximate surface area is 105 Å². The SMILES string of the molecule is O=C/C(=C\c1ccncc1)c1ccc(Cl)cc1. The van der Waals surface area contributed by atoms with Gasteiger partial charge in [-0.3, -0.25) is 9.78 Å². The number of carbonyl (C=O) groups is 1. The van der Waals surface area contributed by atoms with Crippen LogP contribution in [-0.4, -0.2) is 11.3 Å². The summed E-state index contributed by atoms with van der Waals surface area (Å²) in [7, 11) is 0. The Kier molecular flexibility index (Phi) is 3.68. The normalized spacial score (nSPS) is 11.2. The maximum atomic E-state index is 11.1. The molecule has 0 atom stereocenters. The van der Waals surface area contributed by atoms with E-state index in [4.69, 9.17) is 11.6 Å². The van der Waals surface area contributed by atoms with Crippen molar-refractivity contribution < 1.29 is 4.79 Å². The summed E-state index contributed by atoms with van der Waals surface area (Å²) >= 11 is 5.80. The molecule has 0 bridgehead atoms. The molecule has 0 fully saturated rings. The van der Waals surface area contributed by atoms with E-state index in [0.717, 1.165) is 17.4 Å². The highest BCUT2D eigenvalue weighted by Gasteiger charge is 2.00. The molecule has 0 aliphatic heterocycles. The Morgan fingerprint density at radius 3 is 2.29 bits per heavy atom. The molecule has 1 heterocycles. The van der Waals surface area contributed by atoms with E-state index in [2.05, 4.69) is 4.98 Å². The van der Waals surface area contributed by atoms with Crippen LogP contribution in [0.25, 0.3) is 11.6 Å². The van der Waals surface area contributed by atoms with Crippen LogP contribution in [-0.2, 0) is 4.79 Å². The van der Waals surface area contributed by atoms with Crippen LogP contribution in [0.3, 0.4) is 0 Å². The number of nitrogens with zero attached hydrogens (tertiary/aromatic N) is 1. The molecule has 0 spiro atoms. The highest BCUT2D eigenvalue weighted by Crippen LogP contribution is 2.18. The summed E-state index contributed by atoms with van der Waals surface area (Å²) in [5.41, 5.74) is 2.41. The zero-order valence-corrected chi connectivity index (χ0v) is 9.76. The van der Waals surface area contributed by atoms with Crippen LogP contribution in [0.15, 0.2) is 48.8 Å². The predicted molar refractivity (Wildman–Crippen MR) is 69.6 cm³/mol. The lowest BCUT2D eigenvalue weighted by Gasteiger charge is -2.01. The second kappa shape index (κ2) is 5.41. The third kappa shape index (κ3) is 3.02. The first-order valence-corrected chi connectivity index (χ1v) is 5.50. The van der Waals surface area contributed by atoms with Crippen molar-refractivity contribution >= 4 is 29.5 Å². The van der Waals surface area contributed by atoms with Gasteiger partial charge in [-0.2, -0.15) is 0 Å². The highest BCUT2D eigenvalue weighted by atomic mass is 35.5. The molecule has 0 radical (unpaired) electrons. The van der Waals surface area contributed by atoms with Crippen molar-refractivity contribution in [1.29, 1.82) is 0 Å². The molecule has 1 aromatic carbocycles. The van der Waals surface area contributed by atoms with E-state index in [1.54, 1.807) is 24.5 Å². The lowest BCUT2D eigenvalue weighted by atomic mass is 10.0. The fourth-order valence-corrected chi connectivity index (χ4v) is 1.59. The Balaban J connectivity index is 2.37. The van der Waals surface area contributed by atoms with E-state index in [0.29, 0.717) is 10.6 Å². The fourth-order valence-electron chi connectivity index (χ4n) is 1.47. The molecule has 84 valence electrons. The molecule has 3 heteroatoms. The van der Waals surface area contributed by atoms with Crippen molar-refractivity contribution in [3.8, 4) is 0 Å². The molecule has 0 aliphatic carbocycles. The van der Waals surface area contributed by atoms with E-state index in [-0.39, 0.29) is 0 Å². The molecular formula is C14H10ClNO. The van der Waals surface area contributed by atoms with Crippen molar-refractivity contribution in [3.63, 3.8) is 0 Å². The Bertz CT molecular complexity index is 532. The van der Waals surface area contributed by atoms with Gasteiger partial charge in [0, 0.05) is 23.0 Å². The van der Waals surface area contributed by atoms with Gasteiger partial charge in [-0.25, -0.2) is 0 Å². The van der Waals surface area contributed by atoms with Crippen LogP contribution in [0.1, 0.15) is 11.1 Å². The molecule has 0 unspecified atom stereocenters. The summed E-state index contributed by atoms with van der Waals surface area (Å²) in [5.74, 6) is 0. The molecule has 0 saturated carbocycles. The summed E-state index contributed by atoms with van der Waals surface area (Å²) in [6, 6.07) is 10.9. The molecule has 17 heavy (non-hydrogen) atoms. The molecule has 2 rings (SSSR count). The van der Waals surface area contributed by atoms with Gasteiger partial charge < -0.3 is 0 Å². The van der Waals surface area contributed by atoms with E-state index < -0.39 is 0 Å². The third-order valence-electron chi connectivity index (χ3n) is 2.33. The van der Waals surface area contributed by atoms with Gasteiger partial charge in [0.2, 0.25) is 0 Å². The minimum Gasteiger partial charge on any atom is -0.298 e. The number of pyridine rings is 1. The lowest BCUT2D eigenvalue weighted by molar-refractivity contribution is -0.103. The van der Waals surface area contributed by atoms with Crippen molar-refractivity contribution in [2.45, 2.75) is 0 Å². The monoisotopic (exact) mass is 243 g/mol. The van der Waals surface area contributed by atoms with Gasteiger partial charge in [-0.1, -0.05) is 23.7 Å². The van der Waals surface area contributed by atoms with Gasteiger partial charge in [-0.05, 0) is 41.5 Å². The minimum absolute atomic E-state index is 0.618. The molecule has 0 aliphatic rings. The number of carbonyl (C=O) groups excluding carboxylic acids is 1. The second-order valence-electron chi connectivity index (χ2n) is 3.50. The van der Waals surface area contributed by atoms with Crippen molar-refractivity contribution in [3.05, 3.63) is 64.9 Å². The highest BCUT2D eigenvalue weighted by molar-refractivity contribution is 6.30. The lowest BCUT2D eigenvalue weighted by Crippen LogP contribution is -1.86. The van der Waals surface area contributed by atoms with Crippen LogP contribution >= 0.6 is 11.6 Å². The van der Waals surface area contributed by atoms with Gasteiger partial charge in [0.05, 0.1) is 0 Å². The quantitative estimate of drug-likeness (QED) is 0.610. The maximum absolute atomic E-state index is 11.1. The van der Waals surface area contributed by atoms with Crippen molar-refractivity contribution in [1.82, 2.24) is 4.98 Å². The molecular weight excluding hydrogens is 234 g/mol. The molecule has 2 nitrogen and oxygen atoms in total. The van der Waals surface area contributed by atoms with Crippen LogP contribution in [0.4, 0.5) is 0 Å². The van der Waals surface area contributed by atoms with E-state index >= 15 is 0 Å². The van der Waals surface area contributed by atoms with Gasteiger partial charge in [0.1, 0.15) is 0 Å². The van der Waals surface area contributed by atoms with Gasteiger partial charge in [0.15, 0.2) is 6.29 Å². The van der Waals surface area contributed by atoms with Crippen molar-refractivity contribution in [2.24, 2.45) is 0 Å². The van der Waals surface area contributed by atoms with E-state index in [1.807, 2.05) is 30.3 Å². The number of halogens is 1. The van der Waals surface area contributed by atoms with Crippen LogP contribution in [0.2, 0.25) is 5.02 Å². The van der Waals surface area contributed by atoms with Gasteiger partial charge >= 0.3 is 0 Å². The Morgan fingerprint density at radius 2 is 1.71 bits per heavy atom. The average Bonchev–Trinajstić information content (AvgIpc) is 2.38. The van der Waals surface area contributed by atoms with Crippen LogP contribution in [0, 0.1) is 0 Å². The number of allylic oxidation sites excluding steroid dienone is 1. The first kappa shape index (κ1) is 11.6. The number of benzene rings is 1. The van der Waals surface area contributed by atoms with Crippen LogP contribution < -0.4 is 0 Å². The summed E-state index contributed by atoms with van der Waals surface area (Å²) in [4.78, 5) is 15.0. The van der Waals surface area contributed by atoms with E-state index in [1.165, 1.54) is 0 Å². The Morgan fingerprint density at radius 1 is 1.06 bits per heavy atom. The number of rotatable bonds is 3.